The molecule has 70 heavy (non-hydrogen) atoms. The highest BCUT2D eigenvalue weighted by Crippen LogP contribution is 2.50. The summed E-state index contributed by atoms with van der Waals surface area (Å²) in [5, 5.41) is 77.2. The number of sulfonamides is 1. The predicted octanol–water partition coefficient (Wildman–Crippen LogP) is 8.28. The van der Waals surface area contributed by atoms with Crippen molar-refractivity contribution in [3.05, 3.63) is 97.1 Å². The molecule has 28 nitrogen and oxygen atoms in total. The summed E-state index contributed by atoms with van der Waals surface area (Å²) in [6, 6.07) is 18.0. The van der Waals surface area contributed by atoms with Crippen molar-refractivity contribution < 1.29 is 91.5 Å². The van der Waals surface area contributed by atoms with Crippen LogP contribution in [0.5, 0.6) is 17.2 Å². The number of nitrogens with zero attached hydrogens (tertiary/aromatic N) is 6. The van der Waals surface area contributed by atoms with Gasteiger partial charge in [-0.1, -0.05) is 10.1 Å². The highest BCUT2D eigenvalue weighted by Gasteiger charge is 2.27. The first-order chi connectivity index (χ1) is 33.0. The second-order valence-corrected chi connectivity index (χ2v) is 21.2. The lowest BCUT2D eigenvalue weighted by Crippen LogP contribution is -2.12. The van der Waals surface area contributed by atoms with Gasteiger partial charge < -0.3 is 21.1 Å². The molecule has 0 amide bonds. The monoisotopic (exact) mass is 1090 g/mol. The van der Waals surface area contributed by atoms with Crippen LogP contribution in [0.1, 0.15) is 0 Å². The van der Waals surface area contributed by atoms with Crippen LogP contribution in [0.2, 0.25) is 0 Å². The Morgan fingerprint density at radius 2 is 1.20 bits per heavy atom. The summed E-state index contributed by atoms with van der Waals surface area (Å²) in [6.07, 6.45) is 0. The molecule has 0 radical (unpaired) electrons. The van der Waals surface area contributed by atoms with E-state index in [1.807, 2.05) is 0 Å². The molecule has 370 valence electrons. The van der Waals surface area contributed by atoms with E-state index in [1.165, 1.54) is 36.4 Å². The molecule has 0 saturated heterocycles. The number of nitrogen functional groups attached to an aromatic ring is 1. The third-order valence-corrected chi connectivity index (χ3v) is 14.7. The molecule has 0 aliphatic carbocycles. The van der Waals surface area contributed by atoms with Crippen molar-refractivity contribution in [2.75, 3.05) is 22.8 Å². The summed E-state index contributed by atoms with van der Waals surface area (Å²) in [6.45, 7) is -0.547. The number of anilines is 2. The average Bonchev–Trinajstić information content (AvgIpc) is 3.29. The Morgan fingerprint density at radius 1 is 0.614 bits per heavy atom. The molecular weight excluding hydrogens is 1060 g/mol. The Hall–Kier alpha value is -6.48. The maximum absolute atomic E-state index is 13.2. The fraction of sp³-hybridized carbons (Fsp3) is 0.0556. The van der Waals surface area contributed by atoms with E-state index in [0.29, 0.717) is 6.07 Å². The van der Waals surface area contributed by atoms with Crippen LogP contribution in [0.25, 0.3) is 10.8 Å². The lowest BCUT2D eigenvalue weighted by atomic mass is 10.1. The fourth-order valence-corrected chi connectivity index (χ4v) is 10.1. The number of hydrogen-bond donors (Lipinski definition) is 9. The van der Waals surface area contributed by atoms with E-state index in [4.69, 9.17) is 20.4 Å². The zero-order chi connectivity index (χ0) is 51.0. The second-order valence-electron chi connectivity index (χ2n) is 13.4. The number of phenols is 3. The molecule has 6 rings (SSSR count). The zero-order valence-electron chi connectivity index (χ0n) is 34.3. The summed E-state index contributed by atoms with van der Waals surface area (Å²) in [4.78, 5) is -3.27. The van der Waals surface area contributed by atoms with Gasteiger partial charge in [0.2, 0.25) is 0 Å². The normalized spacial score (nSPS) is 12.7. The Labute approximate surface area is 402 Å². The van der Waals surface area contributed by atoms with Crippen molar-refractivity contribution in [3.8, 4) is 17.2 Å². The van der Waals surface area contributed by atoms with Gasteiger partial charge in [0.1, 0.15) is 44.0 Å². The second kappa shape index (κ2) is 22.1. The molecule has 0 spiro atoms. The van der Waals surface area contributed by atoms with Crippen molar-refractivity contribution in [2.45, 2.75) is 24.5 Å². The lowest BCUT2D eigenvalue weighted by Gasteiger charge is -2.14. The average molecular weight is 1090 g/mol. The van der Waals surface area contributed by atoms with Crippen LogP contribution in [0.3, 0.4) is 0 Å². The first-order valence-electron chi connectivity index (χ1n) is 18.4. The van der Waals surface area contributed by atoms with Crippen LogP contribution in [0, 0.1) is 0 Å². The third kappa shape index (κ3) is 13.0. The van der Waals surface area contributed by atoms with Crippen molar-refractivity contribution in [1.82, 2.24) is 0 Å². The molecule has 0 bridgehead atoms. The number of nitrogens with two attached hydrogens (primary N) is 1. The molecule has 0 unspecified atom stereocenters. The third-order valence-electron chi connectivity index (χ3n) is 8.88. The summed E-state index contributed by atoms with van der Waals surface area (Å²) in [7, 11) is -19.0. The molecule has 10 N–H and O–H groups in total. The fourth-order valence-electron chi connectivity index (χ4n) is 5.75. The van der Waals surface area contributed by atoms with Gasteiger partial charge in [0, 0.05) is 11.8 Å². The first kappa shape index (κ1) is 52.9. The number of benzene rings is 6. The van der Waals surface area contributed by atoms with Crippen molar-refractivity contribution in [2.24, 2.45) is 30.7 Å². The van der Waals surface area contributed by atoms with Crippen molar-refractivity contribution in [3.63, 3.8) is 0 Å². The number of phenolic OH excluding ortho intramolecular Hbond substituents is 3. The minimum absolute atomic E-state index is 0.0702. The van der Waals surface area contributed by atoms with Gasteiger partial charge in [-0.25, -0.2) is 27.4 Å². The first-order valence-corrected chi connectivity index (χ1v) is 25.8. The van der Waals surface area contributed by atoms with Gasteiger partial charge in [0.25, 0.3) is 30.3 Å². The van der Waals surface area contributed by atoms with E-state index >= 15 is 0 Å². The standard InChI is InChI=1S/C36H30N8O20S6/c37-33-32-19(15-29(65-63-61-48)34(33)42-41-27-12-10-25(18-30(27)69(54,55)56)67(50,51)14-13-60-66-64-62-49)16-31(70(57,58)59)35(36(32)47)43-39-21-5-8-24(9-6-21)68(52,53)44-22-3-1-20(2-4-22)38-40-26-11-7-23(45)17-28(26)46/h1-12,15-18,44-49H,13-14,37H2,(H,54,55,56)(H,57,58,59)/b40-38+,42-41+,43-39+. The van der Waals surface area contributed by atoms with Crippen LogP contribution in [0.4, 0.5) is 45.5 Å². The predicted molar refractivity (Wildman–Crippen MR) is 243 cm³/mol. The smallest absolute Gasteiger partial charge is 0.296 e. The number of sulfone groups is 1. The minimum Gasteiger partial charge on any atom is -0.508 e. The van der Waals surface area contributed by atoms with Crippen LogP contribution in [-0.2, 0) is 63.0 Å². The number of rotatable bonds is 21. The number of hydrogen-bond acceptors (Lipinski definition) is 27. The van der Waals surface area contributed by atoms with Crippen LogP contribution in [0.15, 0.2) is 152 Å². The lowest BCUT2D eigenvalue weighted by molar-refractivity contribution is -0.434. The largest absolute Gasteiger partial charge is 0.508 e. The van der Waals surface area contributed by atoms with E-state index in [-0.39, 0.29) is 73.8 Å². The van der Waals surface area contributed by atoms with Crippen molar-refractivity contribution in [1.29, 1.82) is 0 Å². The summed E-state index contributed by atoms with van der Waals surface area (Å²) >= 11 is 0.258. The number of aromatic hydroxyl groups is 3. The van der Waals surface area contributed by atoms with Gasteiger partial charge in [-0.05, 0) is 96.4 Å². The van der Waals surface area contributed by atoms with E-state index in [9.17, 15) is 58.1 Å². The molecule has 6 aromatic carbocycles. The highest BCUT2D eigenvalue weighted by atomic mass is 32.2. The zero-order valence-corrected chi connectivity index (χ0v) is 39.2. The van der Waals surface area contributed by atoms with Crippen LogP contribution in [-0.4, -0.2) is 81.0 Å². The molecule has 0 saturated carbocycles. The maximum atomic E-state index is 13.2. The summed E-state index contributed by atoms with van der Waals surface area (Å²) in [5.41, 5.74) is 4.12. The van der Waals surface area contributed by atoms with Gasteiger partial charge in [0.15, 0.2) is 27.9 Å². The van der Waals surface area contributed by atoms with Gasteiger partial charge in [-0.3, -0.25) is 18.0 Å². The summed E-state index contributed by atoms with van der Waals surface area (Å²) in [5.74, 6) is -2.29. The van der Waals surface area contributed by atoms with Crippen LogP contribution >= 0.6 is 24.4 Å². The van der Waals surface area contributed by atoms with Gasteiger partial charge in [0.05, 0.1) is 61.5 Å². The maximum Gasteiger partial charge on any atom is 0.296 e. The number of nitrogens with one attached hydrogen (secondary N) is 1. The van der Waals surface area contributed by atoms with Gasteiger partial charge >= 0.3 is 0 Å². The Morgan fingerprint density at radius 3 is 1.83 bits per heavy atom. The Balaban J connectivity index is 1.30. The Kier molecular flexibility index (Phi) is 16.7. The quantitative estimate of drug-likeness (QED) is 0.00622. The minimum atomic E-state index is -5.24. The van der Waals surface area contributed by atoms with Crippen molar-refractivity contribution >= 4 is 121 Å². The van der Waals surface area contributed by atoms with Gasteiger partial charge in [-0.15, -0.1) is 29.1 Å². The molecular formula is C36H30N8O20S6. The van der Waals surface area contributed by atoms with E-state index in [0.717, 1.165) is 54.6 Å². The van der Waals surface area contributed by atoms with E-state index in [1.54, 1.807) is 0 Å². The SMILES string of the molecule is Nc1c(/N=N/c2ccc(S(=O)(=O)CCOSOOO)cc2S(=O)(=O)O)c(SOOO)cc2cc(S(=O)(=O)O)c(/N=N/c3ccc(S(=O)(=O)Nc4ccc(/N=N/c5ccc(O)cc5O)cc4)cc3)c(O)c12. The molecule has 34 heteroatoms. The molecule has 0 fully saturated rings. The molecule has 0 aliphatic rings. The number of fused-ring (bicyclic) bond motifs is 1. The van der Waals surface area contributed by atoms with E-state index in [2.05, 4.69) is 54.2 Å². The summed E-state index contributed by atoms with van der Waals surface area (Å²) < 4.78 is 138. The molecule has 0 aliphatic heterocycles. The molecule has 0 heterocycles. The number of azo groups is 3. The topological polar surface area (TPSA) is 437 Å². The van der Waals surface area contributed by atoms with Crippen LogP contribution < -0.4 is 10.5 Å². The Bertz CT molecular complexity index is 3500. The highest BCUT2D eigenvalue weighted by molar-refractivity contribution is 7.94. The van der Waals surface area contributed by atoms with E-state index < -0.39 is 101 Å². The molecule has 6 aromatic rings. The van der Waals surface area contributed by atoms with Gasteiger partial charge in [-0.2, -0.15) is 27.1 Å². The molecule has 0 atom stereocenters. The molecule has 0 aromatic heterocycles.